The Labute approximate surface area is 396 Å². The van der Waals surface area contributed by atoms with E-state index in [2.05, 4.69) is 231 Å². The predicted molar refractivity (Wildman–Crippen MR) is 292 cm³/mol. The molecule has 0 atom stereocenters. The highest BCUT2D eigenvalue weighted by molar-refractivity contribution is 7.25. The number of fused-ring (bicyclic) bond motifs is 23. The fourth-order valence-corrected chi connectivity index (χ4v) is 14.3. The number of hydrogen-bond acceptors (Lipinski definition) is 1. The maximum absolute atomic E-state index is 2.64. The third-order valence-corrected chi connectivity index (χ3v) is 16.9. The summed E-state index contributed by atoms with van der Waals surface area (Å²) in [7, 11) is 0. The second-order valence-corrected chi connectivity index (χ2v) is 20.0. The zero-order valence-electron chi connectivity index (χ0n) is 36.8. The van der Waals surface area contributed by atoms with E-state index in [9.17, 15) is 0 Å². The molecule has 1 spiro atoms. The molecule has 68 heavy (non-hydrogen) atoms. The van der Waals surface area contributed by atoms with Crippen molar-refractivity contribution in [3.05, 3.63) is 253 Å². The molecule has 0 aliphatic heterocycles. The average molecular weight is 875 g/mol. The van der Waals surface area contributed by atoms with Crippen LogP contribution in [0.5, 0.6) is 0 Å². The van der Waals surface area contributed by atoms with Gasteiger partial charge in [0.25, 0.3) is 0 Å². The Kier molecular flexibility index (Phi) is 7.25. The van der Waals surface area contributed by atoms with Crippen molar-refractivity contribution in [2.24, 2.45) is 0 Å². The van der Waals surface area contributed by atoms with E-state index in [1.807, 2.05) is 11.3 Å². The molecule has 0 N–H and O–H groups in total. The topological polar surface area (TPSA) is 0 Å². The van der Waals surface area contributed by atoms with Gasteiger partial charge in [-0.05, 0) is 162 Å². The summed E-state index contributed by atoms with van der Waals surface area (Å²) in [6.07, 6.45) is 0. The van der Waals surface area contributed by atoms with Crippen LogP contribution in [0.2, 0.25) is 0 Å². The second kappa shape index (κ2) is 13.4. The van der Waals surface area contributed by atoms with Crippen LogP contribution in [-0.2, 0) is 5.41 Å². The van der Waals surface area contributed by atoms with Gasteiger partial charge in [-0.25, -0.2) is 0 Å². The Morgan fingerprint density at radius 2 is 0.706 bits per heavy atom. The van der Waals surface area contributed by atoms with Crippen LogP contribution in [0, 0.1) is 0 Å². The lowest BCUT2D eigenvalue weighted by molar-refractivity contribution is 0.803. The molecule has 0 radical (unpaired) electrons. The summed E-state index contributed by atoms with van der Waals surface area (Å²) < 4.78 is 2.65. The third kappa shape index (κ3) is 4.59. The van der Waals surface area contributed by atoms with E-state index in [4.69, 9.17) is 0 Å². The minimum Gasteiger partial charge on any atom is -0.135 e. The molecule has 0 fully saturated rings. The first kappa shape index (κ1) is 36.8. The maximum atomic E-state index is 2.64. The lowest BCUT2D eigenvalue weighted by atomic mass is 9.68. The van der Waals surface area contributed by atoms with Crippen LogP contribution in [-0.4, -0.2) is 0 Å². The summed E-state index contributed by atoms with van der Waals surface area (Å²) in [5.41, 5.74) is 15.3. The summed E-state index contributed by atoms with van der Waals surface area (Å²) in [6, 6.07) is 87.8. The van der Waals surface area contributed by atoms with Crippen LogP contribution in [0.15, 0.2) is 231 Å². The predicted octanol–water partition coefficient (Wildman–Crippen LogP) is 18.7. The summed E-state index contributed by atoms with van der Waals surface area (Å²) in [5, 5.41) is 18.1. The Morgan fingerprint density at radius 3 is 1.34 bits per heavy atom. The van der Waals surface area contributed by atoms with Crippen LogP contribution >= 0.6 is 11.3 Å². The number of hydrogen-bond donors (Lipinski definition) is 0. The zero-order valence-corrected chi connectivity index (χ0v) is 37.7. The Hall–Kier alpha value is -8.36. The molecule has 0 bridgehead atoms. The highest BCUT2D eigenvalue weighted by atomic mass is 32.1. The van der Waals surface area contributed by atoms with Crippen molar-refractivity contribution < 1.29 is 0 Å². The third-order valence-electron chi connectivity index (χ3n) is 15.8. The first-order chi connectivity index (χ1) is 33.8. The molecule has 0 saturated heterocycles. The van der Waals surface area contributed by atoms with Crippen molar-refractivity contribution in [1.82, 2.24) is 0 Å². The van der Waals surface area contributed by atoms with Crippen molar-refractivity contribution in [3.8, 4) is 44.5 Å². The van der Waals surface area contributed by atoms with Crippen molar-refractivity contribution >= 4 is 96.1 Å². The first-order valence-electron chi connectivity index (χ1n) is 23.7. The Balaban J connectivity index is 1.06. The summed E-state index contributed by atoms with van der Waals surface area (Å²) >= 11 is 1.89. The molecular weight excluding hydrogens is 837 g/mol. The van der Waals surface area contributed by atoms with E-state index < -0.39 is 5.41 Å². The van der Waals surface area contributed by atoms with Crippen LogP contribution < -0.4 is 0 Å². The van der Waals surface area contributed by atoms with Crippen LogP contribution in [0.1, 0.15) is 22.3 Å². The lowest BCUT2D eigenvalue weighted by Gasteiger charge is -2.32. The molecule has 312 valence electrons. The van der Waals surface area contributed by atoms with Gasteiger partial charge in [0, 0.05) is 20.2 Å². The summed E-state index contributed by atoms with van der Waals surface area (Å²) in [6.45, 7) is 0. The van der Waals surface area contributed by atoms with E-state index >= 15 is 0 Å². The minimum absolute atomic E-state index is 0.560. The van der Waals surface area contributed by atoms with E-state index in [0.717, 1.165) is 0 Å². The molecule has 2 aliphatic carbocycles. The standard InChI is InChI=1S/C67H38S/c1-2-18-40-37-61-55(35-39(40)17-1)54-36-41(33-34-60(54)68-61)62-49-26-8-10-28-51(49)63(52-29-11-9-27-50(52)62)56-38-59-64(47-24-6-4-21-44(47)56)65-48-25-7-3-19-42(48)43-20-5-12-30-53(43)66(65)67(59)57-31-15-13-22-45(57)46-23-14-16-32-58(46)67/h1-38H. The first-order valence-corrected chi connectivity index (χ1v) is 24.6. The summed E-state index contributed by atoms with van der Waals surface area (Å²) in [5.74, 6) is 0. The summed E-state index contributed by atoms with van der Waals surface area (Å²) in [4.78, 5) is 0. The molecule has 14 aromatic rings. The quantitative estimate of drug-likeness (QED) is 0.120. The molecule has 1 heteroatoms. The average Bonchev–Trinajstić information content (AvgIpc) is 4.03. The molecular formula is C67H38S. The van der Waals surface area contributed by atoms with Crippen molar-refractivity contribution in [3.63, 3.8) is 0 Å². The smallest absolute Gasteiger partial charge is 0.0732 e. The number of benzene rings is 13. The molecule has 16 rings (SSSR count). The van der Waals surface area contributed by atoms with Crippen molar-refractivity contribution in [1.29, 1.82) is 0 Å². The van der Waals surface area contributed by atoms with Gasteiger partial charge >= 0.3 is 0 Å². The molecule has 0 unspecified atom stereocenters. The monoisotopic (exact) mass is 874 g/mol. The van der Waals surface area contributed by atoms with Crippen LogP contribution in [0.3, 0.4) is 0 Å². The molecule has 1 aromatic heterocycles. The Morgan fingerprint density at radius 1 is 0.250 bits per heavy atom. The number of rotatable bonds is 2. The van der Waals surface area contributed by atoms with Gasteiger partial charge in [0.15, 0.2) is 0 Å². The van der Waals surface area contributed by atoms with Crippen LogP contribution in [0.25, 0.3) is 129 Å². The fourth-order valence-electron chi connectivity index (χ4n) is 13.2. The molecule has 2 aliphatic rings. The van der Waals surface area contributed by atoms with Crippen molar-refractivity contribution in [2.45, 2.75) is 5.41 Å². The second-order valence-electron chi connectivity index (χ2n) is 18.9. The molecule has 13 aromatic carbocycles. The molecule has 1 heterocycles. The van der Waals surface area contributed by atoms with Gasteiger partial charge in [0.2, 0.25) is 0 Å². The SMILES string of the molecule is c1ccc2c(c1)-c1ccccc1C21c2cc(-c3c4ccccc4c(-c4ccc5sc6cc7ccccc7cc6c5c4)c4ccccc34)c3ccccc3c2-c2c1c1ccccc1c1ccccc21. The fraction of sp³-hybridized carbons (Fsp3) is 0.0149. The van der Waals surface area contributed by atoms with Gasteiger partial charge in [-0.15, -0.1) is 11.3 Å². The van der Waals surface area contributed by atoms with E-state index in [1.165, 1.54) is 152 Å². The lowest BCUT2D eigenvalue weighted by Crippen LogP contribution is -2.26. The van der Waals surface area contributed by atoms with Crippen molar-refractivity contribution in [2.75, 3.05) is 0 Å². The van der Waals surface area contributed by atoms with Gasteiger partial charge in [0.05, 0.1) is 5.41 Å². The normalized spacial score (nSPS) is 13.4. The van der Waals surface area contributed by atoms with E-state index in [0.29, 0.717) is 0 Å². The Bertz CT molecular complexity index is 4460. The van der Waals surface area contributed by atoms with Gasteiger partial charge < -0.3 is 0 Å². The molecule has 0 saturated carbocycles. The highest BCUT2D eigenvalue weighted by Crippen LogP contribution is 2.67. The van der Waals surface area contributed by atoms with Gasteiger partial charge in [-0.1, -0.05) is 200 Å². The number of thiophene rings is 1. The largest absolute Gasteiger partial charge is 0.135 e. The van der Waals surface area contributed by atoms with Gasteiger partial charge in [0.1, 0.15) is 0 Å². The van der Waals surface area contributed by atoms with E-state index in [-0.39, 0.29) is 0 Å². The minimum atomic E-state index is -0.560. The molecule has 0 nitrogen and oxygen atoms in total. The molecule has 0 amide bonds. The van der Waals surface area contributed by atoms with Gasteiger partial charge in [-0.3, -0.25) is 0 Å². The van der Waals surface area contributed by atoms with Gasteiger partial charge in [-0.2, -0.15) is 0 Å². The zero-order chi connectivity index (χ0) is 44.2. The maximum Gasteiger partial charge on any atom is 0.0732 e. The highest BCUT2D eigenvalue weighted by Gasteiger charge is 2.53. The van der Waals surface area contributed by atoms with Crippen LogP contribution in [0.4, 0.5) is 0 Å². The van der Waals surface area contributed by atoms with E-state index in [1.54, 1.807) is 0 Å².